The van der Waals surface area contributed by atoms with Gasteiger partial charge in [0.25, 0.3) is 5.91 Å². The average molecular weight is 833 g/mol. The Kier molecular flexibility index (Phi) is 13.1. The molecule has 0 aliphatic carbocycles. The molecule has 5 aromatic carbocycles. The highest BCUT2D eigenvalue weighted by molar-refractivity contribution is 5.96. The summed E-state index contributed by atoms with van der Waals surface area (Å²) in [6.45, 7) is 4.33. The molecule has 62 heavy (non-hydrogen) atoms. The third kappa shape index (κ3) is 9.41. The summed E-state index contributed by atoms with van der Waals surface area (Å²) in [7, 11) is 0. The Morgan fingerprint density at radius 3 is 2.32 bits per heavy atom. The molecular weight excluding hydrogens is 781 g/mol. The number of phenols is 1. The predicted molar refractivity (Wildman–Crippen MR) is 239 cm³/mol. The number of esters is 1. The fourth-order valence-corrected chi connectivity index (χ4v) is 8.65. The van der Waals surface area contributed by atoms with Crippen molar-refractivity contribution in [1.29, 1.82) is 0 Å². The number of aromatic hydroxyl groups is 1. The number of ether oxygens (including phenoxy) is 1. The van der Waals surface area contributed by atoms with Gasteiger partial charge in [0.15, 0.2) is 0 Å². The van der Waals surface area contributed by atoms with Crippen LogP contribution in [0.3, 0.4) is 0 Å². The maximum Gasteiger partial charge on any atom is 0.347 e. The van der Waals surface area contributed by atoms with Gasteiger partial charge in [-0.05, 0) is 95.9 Å². The topological polar surface area (TPSA) is 155 Å². The number of aliphatic hydroxyl groups excluding tert-OH is 1. The SMILES string of the molecule is O=C(c1ccccc1CNC[C@H](O)c1ccc(O)c2[nH]c(=O)ccc12)N1CC=C(c2cccc([C@](O)(C(=O)OCC3CCN(Cc4ccccc4)CC3)c3ccccc3)c2)CC1. The van der Waals surface area contributed by atoms with Crippen LogP contribution in [0.4, 0.5) is 0 Å². The van der Waals surface area contributed by atoms with E-state index < -0.39 is 17.7 Å². The van der Waals surface area contributed by atoms with Crippen molar-refractivity contribution in [2.45, 2.75) is 44.1 Å². The molecule has 11 heteroatoms. The van der Waals surface area contributed by atoms with Crippen LogP contribution in [0.1, 0.15) is 69.1 Å². The number of piperidine rings is 1. The first-order chi connectivity index (χ1) is 30.2. The maximum atomic E-state index is 14.0. The summed E-state index contributed by atoms with van der Waals surface area (Å²) < 4.78 is 5.96. The summed E-state index contributed by atoms with van der Waals surface area (Å²) in [5, 5.41) is 37.5. The standard InChI is InChI=1S/C51H52N4O7/c56-45-20-18-43(44-19-21-47(58)53-48(44)45)46(57)32-52-31-39-12-7-8-17-42(39)49(59)55-28-24-37(25-29-55)38-13-9-16-41(30-38)51(61,40-14-5-2-6-15-40)50(60)62-34-36-22-26-54(27-23-36)33-35-10-3-1-4-11-35/h1-21,24,30,36,46,52,56-57,61H,22-23,25-29,31-34H2,(H,53,58)/t46-,51-/m0/s1. The van der Waals surface area contributed by atoms with Crippen molar-refractivity contribution in [2.24, 2.45) is 5.92 Å². The number of likely N-dealkylation sites (tertiary alicyclic amines) is 1. The van der Waals surface area contributed by atoms with Gasteiger partial charge in [-0.15, -0.1) is 0 Å². The number of nitrogens with one attached hydrogen (secondary N) is 2. The number of aliphatic hydroxyl groups is 2. The van der Waals surface area contributed by atoms with Gasteiger partial charge in [0.05, 0.1) is 18.2 Å². The van der Waals surface area contributed by atoms with Crippen LogP contribution < -0.4 is 10.9 Å². The highest BCUT2D eigenvalue weighted by Crippen LogP contribution is 2.35. The second kappa shape index (κ2) is 19.1. The smallest absolute Gasteiger partial charge is 0.347 e. The van der Waals surface area contributed by atoms with Crippen LogP contribution in [0.5, 0.6) is 5.75 Å². The number of pyridine rings is 1. The number of fused-ring (bicyclic) bond motifs is 1. The largest absolute Gasteiger partial charge is 0.506 e. The van der Waals surface area contributed by atoms with Crippen molar-refractivity contribution in [1.82, 2.24) is 20.1 Å². The number of rotatable bonds is 14. The molecule has 6 aromatic rings. The van der Waals surface area contributed by atoms with Crippen LogP contribution in [-0.2, 0) is 28.2 Å². The minimum absolute atomic E-state index is 0.0771. The van der Waals surface area contributed by atoms with Crippen LogP contribution >= 0.6 is 0 Å². The molecule has 8 rings (SSSR count). The number of amides is 1. The van der Waals surface area contributed by atoms with Crippen LogP contribution in [0.25, 0.3) is 16.5 Å². The van der Waals surface area contributed by atoms with Gasteiger partial charge < -0.3 is 35.3 Å². The van der Waals surface area contributed by atoms with Crippen molar-refractivity contribution >= 4 is 28.4 Å². The van der Waals surface area contributed by atoms with Crippen molar-refractivity contribution in [3.8, 4) is 5.75 Å². The number of H-pyrrole nitrogens is 1. The monoisotopic (exact) mass is 832 g/mol. The molecule has 2 aliphatic heterocycles. The van der Waals surface area contributed by atoms with Gasteiger partial charge in [-0.1, -0.05) is 109 Å². The molecule has 0 spiro atoms. The van der Waals surface area contributed by atoms with Crippen LogP contribution in [0.2, 0.25) is 0 Å². The zero-order chi connectivity index (χ0) is 43.1. The Morgan fingerprint density at radius 2 is 1.56 bits per heavy atom. The molecule has 3 heterocycles. The lowest BCUT2D eigenvalue weighted by Gasteiger charge is -2.33. The molecule has 11 nitrogen and oxygen atoms in total. The Labute approximate surface area is 360 Å². The van der Waals surface area contributed by atoms with E-state index in [4.69, 9.17) is 4.74 Å². The molecule has 1 amide bonds. The highest BCUT2D eigenvalue weighted by Gasteiger charge is 2.42. The Bertz CT molecular complexity index is 2600. The molecule has 5 N–H and O–H groups in total. The van der Waals surface area contributed by atoms with Gasteiger partial charge in [0.2, 0.25) is 11.2 Å². The van der Waals surface area contributed by atoms with Gasteiger partial charge in [0.1, 0.15) is 5.75 Å². The summed E-state index contributed by atoms with van der Waals surface area (Å²) in [6.07, 6.45) is 3.47. The summed E-state index contributed by atoms with van der Waals surface area (Å²) in [5.41, 5.74) is 3.80. The van der Waals surface area contributed by atoms with E-state index in [1.807, 2.05) is 54.6 Å². The van der Waals surface area contributed by atoms with E-state index in [9.17, 15) is 29.7 Å². The molecule has 1 saturated heterocycles. The van der Waals surface area contributed by atoms with E-state index in [-0.39, 0.29) is 41.8 Å². The second-order valence-electron chi connectivity index (χ2n) is 16.3. The number of hydrogen-bond donors (Lipinski definition) is 5. The number of hydrogen-bond acceptors (Lipinski definition) is 9. The first-order valence-electron chi connectivity index (χ1n) is 21.3. The molecule has 318 valence electrons. The molecule has 2 atom stereocenters. The number of phenolic OH excluding ortho intramolecular Hbond substituents is 1. The van der Waals surface area contributed by atoms with E-state index in [0.29, 0.717) is 53.7 Å². The fourth-order valence-electron chi connectivity index (χ4n) is 8.65. The van der Waals surface area contributed by atoms with E-state index in [1.165, 1.54) is 17.7 Å². The van der Waals surface area contributed by atoms with Crippen molar-refractivity contribution in [3.63, 3.8) is 0 Å². The lowest BCUT2D eigenvalue weighted by molar-refractivity contribution is -0.164. The van der Waals surface area contributed by atoms with Crippen molar-refractivity contribution in [3.05, 3.63) is 189 Å². The molecule has 0 unspecified atom stereocenters. The second-order valence-corrected chi connectivity index (χ2v) is 16.3. The summed E-state index contributed by atoms with van der Waals surface area (Å²) >= 11 is 0. The lowest BCUT2D eigenvalue weighted by Crippen LogP contribution is -2.40. The number of aromatic nitrogens is 1. The number of carbonyl (C=O) groups excluding carboxylic acids is 2. The number of carbonyl (C=O) groups is 2. The quantitative estimate of drug-likeness (QED) is 0.0757. The third-order valence-electron chi connectivity index (χ3n) is 12.2. The van der Waals surface area contributed by atoms with Crippen LogP contribution in [0.15, 0.2) is 144 Å². The number of benzene rings is 5. The van der Waals surface area contributed by atoms with Crippen molar-refractivity contribution in [2.75, 3.05) is 39.3 Å². The first-order valence-corrected chi connectivity index (χ1v) is 21.3. The number of aromatic amines is 1. The van der Waals surface area contributed by atoms with Gasteiger partial charge in [-0.2, -0.15) is 0 Å². The highest BCUT2D eigenvalue weighted by atomic mass is 16.5. The molecule has 2 aliphatic rings. The van der Waals surface area contributed by atoms with Crippen molar-refractivity contribution < 1.29 is 29.6 Å². The first kappa shape index (κ1) is 42.3. The lowest BCUT2D eigenvalue weighted by atomic mass is 9.84. The summed E-state index contributed by atoms with van der Waals surface area (Å²) in [4.78, 5) is 46.7. The Morgan fingerprint density at radius 1 is 0.839 bits per heavy atom. The summed E-state index contributed by atoms with van der Waals surface area (Å²) in [5.74, 6) is -0.676. The molecule has 0 radical (unpaired) electrons. The van der Waals surface area contributed by atoms with Gasteiger partial charge in [0, 0.05) is 55.3 Å². The van der Waals surface area contributed by atoms with E-state index in [2.05, 4.69) is 39.5 Å². The predicted octanol–water partition coefficient (Wildman–Crippen LogP) is 6.68. The van der Waals surface area contributed by atoms with Gasteiger partial charge >= 0.3 is 5.97 Å². The minimum atomic E-state index is -2.02. The van der Waals surface area contributed by atoms with E-state index in [0.717, 1.165) is 49.2 Å². The maximum absolute atomic E-state index is 14.0. The third-order valence-corrected chi connectivity index (χ3v) is 12.2. The number of nitrogens with zero attached hydrogens (tertiary/aromatic N) is 2. The van der Waals surface area contributed by atoms with Crippen LogP contribution in [0, 0.1) is 5.92 Å². The minimum Gasteiger partial charge on any atom is -0.506 e. The van der Waals surface area contributed by atoms with Crippen LogP contribution in [-0.4, -0.2) is 81.3 Å². The molecule has 1 fully saturated rings. The Balaban J connectivity index is 0.904. The normalized spacial score (nSPS) is 16.4. The van der Waals surface area contributed by atoms with E-state index >= 15 is 0 Å². The summed E-state index contributed by atoms with van der Waals surface area (Å²) in [6, 6.07) is 40.2. The average Bonchev–Trinajstić information content (AvgIpc) is 3.32. The van der Waals surface area contributed by atoms with Gasteiger partial charge in [-0.25, -0.2) is 4.79 Å². The van der Waals surface area contributed by atoms with E-state index in [1.54, 1.807) is 53.4 Å². The van der Waals surface area contributed by atoms with Gasteiger partial charge in [-0.3, -0.25) is 14.5 Å². The Hall–Kier alpha value is -6.37. The molecule has 0 saturated carbocycles. The molecule has 1 aromatic heterocycles. The zero-order valence-corrected chi connectivity index (χ0v) is 34.6. The fraction of sp³-hybridized carbons (Fsp3) is 0.275. The zero-order valence-electron chi connectivity index (χ0n) is 34.6. The molecule has 0 bridgehead atoms. The molecular formula is C51H52N4O7.